The fourth-order valence-electron chi connectivity index (χ4n) is 1.87. The fraction of sp³-hybridized carbons (Fsp3) is 0.833. The molecule has 1 aliphatic heterocycles. The molecule has 0 aromatic rings. The summed E-state index contributed by atoms with van der Waals surface area (Å²) < 4.78 is 5.31. The predicted molar refractivity (Wildman–Crippen MR) is 63.5 cm³/mol. The van der Waals surface area contributed by atoms with Crippen molar-refractivity contribution in [1.29, 1.82) is 0 Å². The van der Waals surface area contributed by atoms with E-state index in [9.17, 15) is 9.59 Å². The first-order chi connectivity index (χ1) is 7.92. The van der Waals surface area contributed by atoms with Gasteiger partial charge in [-0.3, -0.25) is 0 Å². The summed E-state index contributed by atoms with van der Waals surface area (Å²) in [7, 11) is 0. The Morgan fingerprint density at radius 1 is 1.53 bits per heavy atom. The molecule has 1 rings (SSSR count). The molecule has 1 amide bonds. The van der Waals surface area contributed by atoms with E-state index in [2.05, 4.69) is 4.99 Å². The zero-order chi connectivity index (χ0) is 12.9. The molecule has 0 spiro atoms. The molecule has 1 fully saturated rings. The molecule has 1 aliphatic rings. The maximum atomic E-state index is 11.8. The molecule has 96 valence electrons. The second-order valence-electron chi connectivity index (χ2n) is 5.37. The molecule has 0 radical (unpaired) electrons. The molecule has 0 aromatic carbocycles. The molecular formula is C12H20N2O3. The van der Waals surface area contributed by atoms with Gasteiger partial charge in [0.1, 0.15) is 5.60 Å². The highest BCUT2D eigenvalue weighted by atomic mass is 16.6. The predicted octanol–water partition coefficient (Wildman–Crippen LogP) is 1.97. The molecule has 0 aliphatic carbocycles. The Morgan fingerprint density at radius 3 is 2.82 bits per heavy atom. The molecule has 1 unspecified atom stereocenters. The van der Waals surface area contributed by atoms with Crippen molar-refractivity contribution >= 4 is 12.2 Å². The molecule has 1 saturated heterocycles. The lowest BCUT2D eigenvalue weighted by molar-refractivity contribution is 0.0171. The van der Waals surface area contributed by atoms with E-state index in [1.165, 1.54) is 6.08 Å². The fourth-order valence-corrected chi connectivity index (χ4v) is 1.87. The minimum absolute atomic E-state index is 0.248. The van der Waals surface area contributed by atoms with Crippen LogP contribution >= 0.6 is 0 Å². The number of hydrogen-bond donors (Lipinski definition) is 0. The average molecular weight is 240 g/mol. The van der Waals surface area contributed by atoms with E-state index in [1.54, 1.807) is 4.90 Å². The number of carbonyl (C=O) groups is 1. The van der Waals surface area contributed by atoms with Crippen LogP contribution in [0, 0.1) is 5.92 Å². The summed E-state index contributed by atoms with van der Waals surface area (Å²) in [5, 5.41) is 0. The van der Waals surface area contributed by atoms with Crippen molar-refractivity contribution in [2.75, 3.05) is 19.6 Å². The number of aliphatic imine (C=N–C) groups is 1. The number of amides is 1. The van der Waals surface area contributed by atoms with Gasteiger partial charge in [-0.2, -0.15) is 0 Å². The summed E-state index contributed by atoms with van der Waals surface area (Å²) in [5.41, 5.74) is -0.467. The maximum absolute atomic E-state index is 11.8. The van der Waals surface area contributed by atoms with Crippen LogP contribution in [0.25, 0.3) is 0 Å². The van der Waals surface area contributed by atoms with Gasteiger partial charge in [-0.25, -0.2) is 14.6 Å². The van der Waals surface area contributed by atoms with Gasteiger partial charge < -0.3 is 9.64 Å². The van der Waals surface area contributed by atoms with Crippen LogP contribution in [0.5, 0.6) is 0 Å². The lowest BCUT2D eigenvalue weighted by Crippen LogP contribution is -2.43. The van der Waals surface area contributed by atoms with Crippen LogP contribution in [-0.2, 0) is 9.53 Å². The van der Waals surface area contributed by atoms with Gasteiger partial charge in [0.15, 0.2) is 0 Å². The Kier molecular flexibility index (Phi) is 4.70. The first-order valence-electron chi connectivity index (χ1n) is 5.94. The van der Waals surface area contributed by atoms with E-state index in [0.29, 0.717) is 13.1 Å². The van der Waals surface area contributed by atoms with E-state index >= 15 is 0 Å². The van der Waals surface area contributed by atoms with Gasteiger partial charge in [0.05, 0.1) is 6.54 Å². The minimum Gasteiger partial charge on any atom is -0.444 e. The van der Waals surface area contributed by atoms with Crippen LogP contribution in [0.4, 0.5) is 4.79 Å². The lowest BCUT2D eigenvalue weighted by atomic mass is 9.99. The van der Waals surface area contributed by atoms with Crippen molar-refractivity contribution in [1.82, 2.24) is 4.90 Å². The zero-order valence-corrected chi connectivity index (χ0v) is 10.7. The van der Waals surface area contributed by atoms with E-state index in [4.69, 9.17) is 4.74 Å². The number of rotatable bonds is 2. The SMILES string of the molecule is CC(C)(C)OC(=O)N1CCCC(CN=C=O)C1. The largest absolute Gasteiger partial charge is 0.444 e. The Morgan fingerprint density at radius 2 is 2.24 bits per heavy atom. The molecule has 5 nitrogen and oxygen atoms in total. The van der Waals surface area contributed by atoms with Crippen molar-refractivity contribution < 1.29 is 14.3 Å². The number of isocyanates is 1. The summed E-state index contributed by atoms with van der Waals surface area (Å²) in [5.74, 6) is 0.248. The average Bonchev–Trinajstić information content (AvgIpc) is 2.24. The molecule has 0 bridgehead atoms. The van der Waals surface area contributed by atoms with E-state index in [0.717, 1.165) is 19.4 Å². The van der Waals surface area contributed by atoms with Crippen LogP contribution in [0.1, 0.15) is 33.6 Å². The van der Waals surface area contributed by atoms with Crippen molar-refractivity contribution in [2.24, 2.45) is 10.9 Å². The molecular weight excluding hydrogens is 220 g/mol. The third-order valence-corrected chi connectivity index (χ3v) is 2.58. The summed E-state index contributed by atoms with van der Waals surface area (Å²) in [6.45, 7) is 7.33. The zero-order valence-electron chi connectivity index (χ0n) is 10.7. The van der Waals surface area contributed by atoms with E-state index in [-0.39, 0.29) is 12.0 Å². The highest BCUT2D eigenvalue weighted by Crippen LogP contribution is 2.19. The van der Waals surface area contributed by atoms with Gasteiger partial charge in [0.25, 0.3) is 0 Å². The summed E-state index contributed by atoms with van der Waals surface area (Å²) >= 11 is 0. The topological polar surface area (TPSA) is 59.0 Å². The molecule has 0 aromatic heterocycles. The standard InChI is InChI=1S/C12H20N2O3/c1-12(2,3)17-11(16)14-6-4-5-10(8-14)7-13-9-15/h10H,4-8H2,1-3H3. The molecule has 1 heterocycles. The highest BCUT2D eigenvalue weighted by molar-refractivity contribution is 5.68. The molecule has 5 heteroatoms. The monoisotopic (exact) mass is 240 g/mol. The van der Waals surface area contributed by atoms with E-state index in [1.807, 2.05) is 20.8 Å². The first-order valence-corrected chi connectivity index (χ1v) is 5.94. The van der Waals surface area contributed by atoms with Crippen LogP contribution in [0.15, 0.2) is 4.99 Å². The lowest BCUT2D eigenvalue weighted by Gasteiger charge is -2.33. The Hall–Kier alpha value is -1.35. The van der Waals surface area contributed by atoms with Gasteiger partial charge in [0, 0.05) is 13.1 Å². The van der Waals surface area contributed by atoms with Crippen molar-refractivity contribution in [3.05, 3.63) is 0 Å². The Bertz CT molecular complexity index is 316. The number of ether oxygens (including phenoxy) is 1. The molecule has 0 N–H and O–H groups in total. The first kappa shape index (κ1) is 13.7. The molecule has 17 heavy (non-hydrogen) atoms. The third-order valence-electron chi connectivity index (χ3n) is 2.58. The van der Waals surface area contributed by atoms with E-state index < -0.39 is 5.60 Å². The van der Waals surface area contributed by atoms with Crippen LogP contribution in [-0.4, -0.2) is 42.3 Å². The van der Waals surface area contributed by atoms with Gasteiger partial charge in [-0.05, 0) is 39.5 Å². The van der Waals surface area contributed by atoms with Crippen molar-refractivity contribution in [2.45, 2.75) is 39.2 Å². The highest BCUT2D eigenvalue weighted by Gasteiger charge is 2.27. The Labute approximate surface area is 102 Å². The second-order valence-corrected chi connectivity index (χ2v) is 5.37. The molecule has 1 atom stereocenters. The van der Waals surface area contributed by atoms with Gasteiger partial charge in [0.2, 0.25) is 6.08 Å². The maximum Gasteiger partial charge on any atom is 0.410 e. The number of carbonyl (C=O) groups excluding carboxylic acids is 2. The smallest absolute Gasteiger partial charge is 0.410 e. The summed E-state index contributed by atoms with van der Waals surface area (Å²) in [6.07, 6.45) is 3.18. The van der Waals surface area contributed by atoms with Gasteiger partial charge in [-0.15, -0.1) is 0 Å². The second kappa shape index (κ2) is 5.82. The molecule has 0 saturated carbocycles. The summed E-state index contributed by atoms with van der Waals surface area (Å²) in [6, 6.07) is 0. The minimum atomic E-state index is -0.467. The van der Waals surface area contributed by atoms with Crippen LogP contribution in [0.2, 0.25) is 0 Å². The normalized spacial score (nSPS) is 20.6. The van der Waals surface area contributed by atoms with Crippen LogP contribution in [0.3, 0.4) is 0 Å². The Balaban J connectivity index is 2.48. The third kappa shape index (κ3) is 5.00. The quantitative estimate of drug-likeness (QED) is 0.547. The number of nitrogens with zero attached hydrogens (tertiary/aromatic N) is 2. The van der Waals surface area contributed by atoms with Crippen molar-refractivity contribution in [3.8, 4) is 0 Å². The number of likely N-dealkylation sites (tertiary alicyclic amines) is 1. The number of piperidine rings is 1. The number of hydrogen-bond acceptors (Lipinski definition) is 4. The van der Waals surface area contributed by atoms with Gasteiger partial charge >= 0.3 is 6.09 Å². The van der Waals surface area contributed by atoms with Crippen LogP contribution < -0.4 is 0 Å². The van der Waals surface area contributed by atoms with Crippen molar-refractivity contribution in [3.63, 3.8) is 0 Å². The summed E-state index contributed by atoms with van der Waals surface area (Å²) in [4.78, 5) is 27.2. The van der Waals surface area contributed by atoms with Gasteiger partial charge in [-0.1, -0.05) is 0 Å².